The number of nitro groups is 1. The number of rotatable bonds is 3. The molecule has 1 atom stereocenters. The standard InChI is InChI=1S/C15H10Cl2N2O3S/c16-11-5-2-6-12(17)14(11)15-18(13(20)8-23-15)9-3-1-4-10(7-9)19(21)22/h1-7,15H,8H2. The molecule has 23 heavy (non-hydrogen) atoms. The Hall–Kier alpha value is -1.76. The molecule has 0 saturated carbocycles. The summed E-state index contributed by atoms with van der Waals surface area (Å²) in [6, 6.07) is 11.1. The molecule has 0 radical (unpaired) electrons. The lowest BCUT2D eigenvalue weighted by molar-refractivity contribution is -0.384. The van der Waals surface area contributed by atoms with Crippen LogP contribution in [0.5, 0.6) is 0 Å². The number of thioether (sulfide) groups is 1. The Bertz CT molecular complexity index is 780. The van der Waals surface area contributed by atoms with Gasteiger partial charge >= 0.3 is 0 Å². The number of carbonyl (C=O) groups excluding carboxylic acids is 1. The largest absolute Gasteiger partial charge is 0.295 e. The fourth-order valence-electron chi connectivity index (χ4n) is 2.42. The van der Waals surface area contributed by atoms with Crippen molar-refractivity contribution in [2.75, 3.05) is 10.7 Å². The second kappa shape index (κ2) is 6.39. The molecule has 8 heteroatoms. The van der Waals surface area contributed by atoms with Crippen molar-refractivity contribution >= 4 is 52.2 Å². The molecule has 2 aromatic carbocycles. The third-order valence-corrected chi connectivity index (χ3v) is 5.27. The summed E-state index contributed by atoms with van der Waals surface area (Å²) in [6.07, 6.45) is 0. The maximum Gasteiger partial charge on any atom is 0.271 e. The average Bonchev–Trinajstić information content (AvgIpc) is 2.89. The molecule has 0 aliphatic carbocycles. The molecule has 2 aromatic rings. The summed E-state index contributed by atoms with van der Waals surface area (Å²) < 4.78 is 0. The zero-order valence-corrected chi connectivity index (χ0v) is 13.9. The summed E-state index contributed by atoms with van der Waals surface area (Å²) in [6.45, 7) is 0. The van der Waals surface area contributed by atoms with E-state index in [-0.39, 0.29) is 17.3 Å². The molecule has 1 aliphatic rings. The Morgan fingerprint density at radius 1 is 1.17 bits per heavy atom. The predicted molar refractivity (Wildman–Crippen MR) is 92.2 cm³/mol. The van der Waals surface area contributed by atoms with Gasteiger partial charge in [-0.15, -0.1) is 11.8 Å². The first-order valence-electron chi connectivity index (χ1n) is 6.61. The molecule has 3 rings (SSSR count). The lowest BCUT2D eigenvalue weighted by atomic mass is 10.1. The highest BCUT2D eigenvalue weighted by Crippen LogP contribution is 2.46. The number of hydrogen-bond acceptors (Lipinski definition) is 4. The molecular weight excluding hydrogens is 359 g/mol. The third kappa shape index (κ3) is 3.02. The highest BCUT2D eigenvalue weighted by molar-refractivity contribution is 8.00. The summed E-state index contributed by atoms with van der Waals surface area (Å²) >= 11 is 13.9. The summed E-state index contributed by atoms with van der Waals surface area (Å²) in [5, 5.41) is 11.5. The smallest absolute Gasteiger partial charge is 0.271 e. The maximum atomic E-state index is 12.3. The SMILES string of the molecule is O=C1CSC(c2c(Cl)cccc2Cl)N1c1cccc([N+](=O)[O-])c1. The summed E-state index contributed by atoms with van der Waals surface area (Å²) in [7, 11) is 0. The fraction of sp³-hybridized carbons (Fsp3) is 0.133. The molecule has 1 aliphatic heterocycles. The van der Waals surface area contributed by atoms with E-state index in [1.165, 1.54) is 28.8 Å². The highest BCUT2D eigenvalue weighted by atomic mass is 35.5. The lowest BCUT2D eigenvalue weighted by Crippen LogP contribution is -2.28. The Labute approximate surface area is 146 Å². The van der Waals surface area contributed by atoms with E-state index in [2.05, 4.69) is 0 Å². The molecule has 0 N–H and O–H groups in total. The van der Waals surface area contributed by atoms with Gasteiger partial charge in [-0.3, -0.25) is 19.8 Å². The number of amides is 1. The zero-order valence-electron chi connectivity index (χ0n) is 11.6. The van der Waals surface area contributed by atoms with E-state index >= 15 is 0 Å². The van der Waals surface area contributed by atoms with Crippen LogP contribution in [0.1, 0.15) is 10.9 Å². The van der Waals surface area contributed by atoms with Crippen LogP contribution in [0.25, 0.3) is 0 Å². The van der Waals surface area contributed by atoms with Crippen LogP contribution in [-0.4, -0.2) is 16.6 Å². The minimum absolute atomic E-state index is 0.0730. The van der Waals surface area contributed by atoms with E-state index in [1.54, 1.807) is 30.3 Å². The average molecular weight is 369 g/mol. The van der Waals surface area contributed by atoms with Crippen molar-refractivity contribution < 1.29 is 9.72 Å². The number of non-ortho nitro benzene ring substituents is 1. The van der Waals surface area contributed by atoms with Gasteiger partial charge in [0.25, 0.3) is 5.69 Å². The third-order valence-electron chi connectivity index (χ3n) is 3.43. The van der Waals surface area contributed by atoms with Gasteiger partial charge < -0.3 is 0 Å². The topological polar surface area (TPSA) is 63.5 Å². The highest BCUT2D eigenvalue weighted by Gasteiger charge is 2.36. The van der Waals surface area contributed by atoms with Gasteiger partial charge in [0.15, 0.2) is 0 Å². The van der Waals surface area contributed by atoms with Crippen molar-refractivity contribution in [3.8, 4) is 0 Å². The number of halogens is 2. The Kier molecular flexibility index (Phi) is 4.48. The monoisotopic (exact) mass is 368 g/mol. The minimum Gasteiger partial charge on any atom is -0.295 e. The van der Waals surface area contributed by atoms with E-state index in [9.17, 15) is 14.9 Å². The van der Waals surface area contributed by atoms with Gasteiger partial charge in [-0.25, -0.2) is 0 Å². The van der Waals surface area contributed by atoms with Crippen molar-refractivity contribution in [1.82, 2.24) is 0 Å². The molecule has 1 saturated heterocycles. The number of nitro benzene ring substituents is 1. The Morgan fingerprint density at radius 3 is 2.48 bits per heavy atom. The van der Waals surface area contributed by atoms with Crippen LogP contribution < -0.4 is 4.90 Å². The Morgan fingerprint density at radius 2 is 1.83 bits per heavy atom. The second-order valence-electron chi connectivity index (χ2n) is 4.84. The van der Waals surface area contributed by atoms with Crippen LogP contribution in [-0.2, 0) is 4.79 Å². The summed E-state index contributed by atoms with van der Waals surface area (Å²) in [5.74, 6) is 0.117. The van der Waals surface area contributed by atoms with Crippen molar-refractivity contribution in [3.63, 3.8) is 0 Å². The molecule has 0 spiro atoms. The molecule has 0 bridgehead atoms. The molecular formula is C15H10Cl2N2O3S. The number of anilines is 1. The van der Waals surface area contributed by atoms with Crippen LogP contribution in [0.15, 0.2) is 42.5 Å². The lowest BCUT2D eigenvalue weighted by Gasteiger charge is -2.25. The van der Waals surface area contributed by atoms with Crippen molar-refractivity contribution in [2.45, 2.75) is 5.37 Å². The summed E-state index contributed by atoms with van der Waals surface area (Å²) in [4.78, 5) is 24.3. The van der Waals surface area contributed by atoms with Crippen LogP contribution in [0.4, 0.5) is 11.4 Å². The fourth-order valence-corrected chi connectivity index (χ4v) is 4.40. The normalized spacial score (nSPS) is 17.6. The molecule has 118 valence electrons. The van der Waals surface area contributed by atoms with Gasteiger partial charge in [0.1, 0.15) is 5.37 Å². The number of benzene rings is 2. The second-order valence-corrected chi connectivity index (χ2v) is 6.72. The first-order valence-corrected chi connectivity index (χ1v) is 8.41. The van der Waals surface area contributed by atoms with E-state index in [1.807, 2.05) is 0 Å². The first-order chi connectivity index (χ1) is 11.0. The number of carbonyl (C=O) groups is 1. The quantitative estimate of drug-likeness (QED) is 0.582. The minimum atomic E-state index is -0.491. The van der Waals surface area contributed by atoms with Gasteiger partial charge in [0, 0.05) is 27.7 Å². The van der Waals surface area contributed by atoms with Crippen LogP contribution in [0.2, 0.25) is 10.0 Å². The van der Waals surface area contributed by atoms with Crippen LogP contribution in [0, 0.1) is 10.1 Å². The molecule has 0 aromatic heterocycles. The predicted octanol–water partition coefficient (Wildman–Crippen LogP) is 4.68. The van der Waals surface area contributed by atoms with Gasteiger partial charge in [-0.1, -0.05) is 35.3 Å². The van der Waals surface area contributed by atoms with Gasteiger partial charge in [0.05, 0.1) is 16.4 Å². The molecule has 1 heterocycles. The van der Waals surface area contributed by atoms with Crippen molar-refractivity contribution in [2.24, 2.45) is 0 Å². The van der Waals surface area contributed by atoms with Gasteiger partial charge in [-0.05, 0) is 18.2 Å². The van der Waals surface area contributed by atoms with E-state index in [4.69, 9.17) is 23.2 Å². The zero-order chi connectivity index (χ0) is 16.6. The van der Waals surface area contributed by atoms with E-state index in [0.717, 1.165) is 0 Å². The number of hydrogen-bond donors (Lipinski definition) is 0. The molecule has 1 unspecified atom stereocenters. The van der Waals surface area contributed by atoms with Crippen molar-refractivity contribution in [3.05, 3.63) is 68.2 Å². The number of nitrogens with zero attached hydrogens (tertiary/aromatic N) is 2. The Balaban J connectivity index is 2.07. The first kappa shape index (κ1) is 16.1. The molecule has 5 nitrogen and oxygen atoms in total. The van der Waals surface area contributed by atoms with Crippen LogP contribution >= 0.6 is 35.0 Å². The summed E-state index contributed by atoms with van der Waals surface area (Å²) in [5.41, 5.74) is 1.02. The van der Waals surface area contributed by atoms with Crippen molar-refractivity contribution in [1.29, 1.82) is 0 Å². The van der Waals surface area contributed by atoms with E-state index in [0.29, 0.717) is 21.3 Å². The van der Waals surface area contributed by atoms with Gasteiger partial charge in [-0.2, -0.15) is 0 Å². The molecule has 1 amide bonds. The molecule has 1 fully saturated rings. The van der Waals surface area contributed by atoms with Crippen LogP contribution in [0.3, 0.4) is 0 Å². The maximum absolute atomic E-state index is 12.3. The van der Waals surface area contributed by atoms with Gasteiger partial charge in [0.2, 0.25) is 5.91 Å². The van der Waals surface area contributed by atoms with E-state index < -0.39 is 10.3 Å².